The van der Waals surface area contributed by atoms with E-state index in [1.54, 1.807) is 43.3 Å². The van der Waals surface area contributed by atoms with Crippen molar-refractivity contribution in [2.24, 2.45) is 7.05 Å². The van der Waals surface area contributed by atoms with Gasteiger partial charge < -0.3 is 9.47 Å². The first-order valence-electron chi connectivity index (χ1n) is 8.32. The molecule has 0 N–H and O–H groups in total. The fraction of sp³-hybridized carbons (Fsp3) is 0.143. The minimum absolute atomic E-state index is 0.0949. The van der Waals surface area contributed by atoms with Crippen LogP contribution in [-0.2, 0) is 13.7 Å². The van der Waals surface area contributed by atoms with Gasteiger partial charge in [-0.2, -0.15) is 5.10 Å². The molecule has 0 fully saturated rings. The SMILES string of the molecule is COc1ccc(/C=C/C(=O)c2ccnn2C)cc1COc1ccc(I)cc1. The van der Waals surface area contributed by atoms with Crippen LogP contribution in [0.25, 0.3) is 6.08 Å². The van der Waals surface area contributed by atoms with Crippen LogP contribution in [0.3, 0.4) is 0 Å². The van der Waals surface area contributed by atoms with E-state index in [4.69, 9.17) is 9.47 Å². The molecule has 3 rings (SSSR count). The van der Waals surface area contributed by atoms with E-state index in [1.807, 2.05) is 42.5 Å². The second kappa shape index (κ2) is 8.85. The van der Waals surface area contributed by atoms with Gasteiger partial charge in [0, 0.05) is 22.4 Å². The lowest BCUT2D eigenvalue weighted by molar-refractivity contribution is 0.103. The number of hydrogen-bond acceptors (Lipinski definition) is 4. The molecule has 1 heterocycles. The highest BCUT2D eigenvalue weighted by molar-refractivity contribution is 14.1. The van der Waals surface area contributed by atoms with Gasteiger partial charge >= 0.3 is 0 Å². The van der Waals surface area contributed by atoms with Crippen LogP contribution in [0.15, 0.2) is 60.8 Å². The third-order valence-corrected chi connectivity index (χ3v) is 4.73. The molecule has 0 aliphatic heterocycles. The first-order chi connectivity index (χ1) is 13.1. The second-order valence-corrected chi connectivity index (χ2v) is 7.10. The third-order valence-electron chi connectivity index (χ3n) is 4.01. The maximum Gasteiger partial charge on any atom is 0.203 e. The second-order valence-electron chi connectivity index (χ2n) is 5.85. The van der Waals surface area contributed by atoms with E-state index in [1.165, 1.54) is 0 Å². The number of hydrogen-bond donors (Lipinski definition) is 0. The van der Waals surface area contributed by atoms with E-state index < -0.39 is 0 Å². The Hall–Kier alpha value is -2.61. The summed E-state index contributed by atoms with van der Waals surface area (Å²) in [6, 6.07) is 15.3. The van der Waals surface area contributed by atoms with E-state index in [2.05, 4.69) is 27.7 Å². The van der Waals surface area contributed by atoms with Crippen molar-refractivity contribution < 1.29 is 14.3 Å². The molecule has 3 aromatic rings. The molecule has 138 valence electrons. The molecule has 6 heteroatoms. The average molecular weight is 474 g/mol. The van der Waals surface area contributed by atoms with Crippen LogP contribution in [0.5, 0.6) is 11.5 Å². The molecule has 0 spiro atoms. The number of carbonyl (C=O) groups excluding carboxylic acids is 1. The molecule has 0 radical (unpaired) electrons. The minimum Gasteiger partial charge on any atom is -0.496 e. The summed E-state index contributed by atoms with van der Waals surface area (Å²) in [4.78, 5) is 12.2. The highest BCUT2D eigenvalue weighted by atomic mass is 127. The Balaban J connectivity index is 1.74. The number of benzene rings is 2. The lowest BCUT2D eigenvalue weighted by Crippen LogP contribution is -2.03. The predicted octanol–water partition coefficient (Wildman–Crippen LogP) is 4.51. The zero-order valence-corrected chi connectivity index (χ0v) is 17.2. The minimum atomic E-state index is -0.0949. The Morgan fingerprint density at radius 2 is 1.96 bits per heavy atom. The zero-order valence-electron chi connectivity index (χ0n) is 15.1. The molecule has 0 amide bonds. The molecular weight excluding hydrogens is 455 g/mol. The Labute approximate surface area is 171 Å². The van der Waals surface area contributed by atoms with E-state index in [-0.39, 0.29) is 5.78 Å². The number of nitrogens with zero attached hydrogens (tertiary/aromatic N) is 2. The van der Waals surface area contributed by atoms with Crippen LogP contribution in [0.4, 0.5) is 0 Å². The standard InChI is InChI=1S/C21H19IN2O3/c1-24-19(11-12-23-24)20(25)9-3-15-4-10-21(26-2)16(13-15)14-27-18-7-5-17(22)6-8-18/h3-13H,14H2,1-2H3/b9-3+. The van der Waals surface area contributed by atoms with Crippen molar-refractivity contribution in [1.82, 2.24) is 9.78 Å². The van der Waals surface area contributed by atoms with Gasteiger partial charge in [0.05, 0.1) is 7.11 Å². The number of rotatable bonds is 7. The highest BCUT2D eigenvalue weighted by Crippen LogP contribution is 2.23. The summed E-state index contributed by atoms with van der Waals surface area (Å²) in [5, 5.41) is 4.02. The van der Waals surface area contributed by atoms with E-state index in [0.29, 0.717) is 12.3 Å². The Kier molecular flexibility index (Phi) is 6.28. The maximum absolute atomic E-state index is 12.2. The summed E-state index contributed by atoms with van der Waals surface area (Å²) in [6.45, 7) is 0.376. The van der Waals surface area contributed by atoms with Gasteiger partial charge in [-0.05, 0) is 76.7 Å². The van der Waals surface area contributed by atoms with Gasteiger partial charge in [0.1, 0.15) is 23.8 Å². The largest absolute Gasteiger partial charge is 0.496 e. The normalized spacial score (nSPS) is 10.9. The number of aryl methyl sites for hydroxylation is 1. The van der Waals surface area contributed by atoms with Gasteiger partial charge in [-0.3, -0.25) is 9.48 Å². The van der Waals surface area contributed by atoms with Gasteiger partial charge in [0.15, 0.2) is 0 Å². The smallest absolute Gasteiger partial charge is 0.203 e. The lowest BCUT2D eigenvalue weighted by Gasteiger charge is -2.11. The van der Waals surface area contributed by atoms with Gasteiger partial charge in [0.25, 0.3) is 0 Å². The summed E-state index contributed by atoms with van der Waals surface area (Å²) in [6.07, 6.45) is 4.93. The fourth-order valence-electron chi connectivity index (χ4n) is 2.58. The van der Waals surface area contributed by atoms with Crippen LogP contribution in [-0.4, -0.2) is 22.7 Å². The van der Waals surface area contributed by atoms with Crippen molar-refractivity contribution in [3.63, 3.8) is 0 Å². The summed E-state index contributed by atoms with van der Waals surface area (Å²) >= 11 is 2.26. The van der Waals surface area contributed by atoms with Crippen LogP contribution in [0.2, 0.25) is 0 Å². The first-order valence-corrected chi connectivity index (χ1v) is 9.40. The zero-order chi connectivity index (χ0) is 19.2. The van der Waals surface area contributed by atoms with Crippen molar-refractivity contribution >= 4 is 34.5 Å². The predicted molar refractivity (Wildman–Crippen MR) is 113 cm³/mol. The number of ether oxygens (including phenoxy) is 2. The van der Waals surface area contributed by atoms with Crippen LogP contribution >= 0.6 is 22.6 Å². The topological polar surface area (TPSA) is 53.3 Å². The Morgan fingerprint density at radius 1 is 1.19 bits per heavy atom. The molecule has 1 aromatic heterocycles. The summed E-state index contributed by atoms with van der Waals surface area (Å²) in [7, 11) is 3.37. The molecule has 0 unspecified atom stereocenters. The number of ketones is 1. The fourth-order valence-corrected chi connectivity index (χ4v) is 2.94. The Morgan fingerprint density at radius 3 is 2.63 bits per heavy atom. The molecule has 0 atom stereocenters. The maximum atomic E-state index is 12.2. The molecule has 0 aliphatic carbocycles. The van der Waals surface area contributed by atoms with Crippen molar-refractivity contribution in [3.8, 4) is 11.5 Å². The molecule has 0 aliphatic rings. The number of aromatic nitrogens is 2. The number of methoxy groups -OCH3 is 1. The highest BCUT2D eigenvalue weighted by Gasteiger charge is 2.08. The molecule has 0 saturated heterocycles. The number of allylic oxidation sites excluding steroid dienone is 1. The summed E-state index contributed by atoms with van der Waals surface area (Å²) in [5.74, 6) is 1.45. The first kappa shape index (κ1) is 19.2. The Bertz CT molecular complexity index is 962. The van der Waals surface area contributed by atoms with Crippen molar-refractivity contribution in [2.45, 2.75) is 6.61 Å². The monoisotopic (exact) mass is 474 g/mol. The summed E-state index contributed by atoms with van der Waals surface area (Å²) < 4.78 is 14.0. The van der Waals surface area contributed by atoms with E-state index >= 15 is 0 Å². The van der Waals surface area contributed by atoms with Crippen LogP contribution in [0.1, 0.15) is 21.6 Å². The van der Waals surface area contributed by atoms with Gasteiger partial charge in [-0.25, -0.2) is 0 Å². The number of carbonyl (C=O) groups is 1. The molecular formula is C21H19IN2O3. The van der Waals surface area contributed by atoms with Gasteiger partial charge in [-0.1, -0.05) is 12.1 Å². The van der Waals surface area contributed by atoms with Crippen molar-refractivity contribution in [2.75, 3.05) is 7.11 Å². The van der Waals surface area contributed by atoms with Gasteiger partial charge in [0.2, 0.25) is 5.78 Å². The average Bonchev–Trinajstić information content (AvgIpc) is 3.11. The molecule has 0 bridgehead atoms. The number of halogens is 1. The van der Waals surface area contributed by atoms with Crippen LogP contribution in [0, 0.1) is 3.57 Å². The van der Waals surface area contributed by atoms with E-state index in [9.17, 15) is 4.79 Å². The van der Waals surface area contributed by atoms with Crippen molar-refractivity contribution in [1.29, 1.82) is 0 Å². The molecule has 0 saturated carbocycles. The summed E-state index contributed by atoms with van der Waals surface area (Å²) in [5.41, 5.74) is 2.35. The van der Waals surface area contributed by atoms with Gasteiger partial charge in [-0.15, -0.1) is 0 Å². The molecule has 2 aromatic carbocycles. The third kappa shape index (κ3) is 4.97. The van der Waals surface area contributed by atoms with E-state index in [0.717, 1.165) is 26.2 Å². The molecule has 27 heavy (non-hydrogen) atoms. The van der Waals surface area contributed by atoms with Crippen LogP contribution < -0.4 is 9.47 Å². The molecule has 5 nitrogen and oxygen atoms in total. The quantitative estimate of drug-likeness (QED) is 0.287. The lowest BCUT2D eigenvalue weighted by atomic mass is 10.1. The van der Waals surface area contributed by atoms with Crippen molar-refractivity contribution in [3.05, 3.63) is 81.2 Å².